The fraction of sp³-hybridized carbons (Fsp3) is 0.500. The number of thioether (sulfide) groups is 1. The van der Waals surface area contributed by atoms with Gasteiger partial charge in [0.2, 0.25) is 10.0 Å². The first-order valence-electron chi connectivity index (χ1n) is 7.28. The molecule has 10 heteroatoms. The molecule has 1 aliphatic rings. The lowest BCUT2D eigenvalue weighted by atomic mass is 10.3. The Hall–Kier alpha value is -0.720. The minimum Gasteiger partial charge on any atom is -0.497 e. The van der Waals surface area contributed by atoms with Crippen LogP contribution in [0.3, 0.4) is 0 Å². The summed E-state index contributed by atoms with van der Waals surface area (Å²) in [5.74, 6) is 2.55. The van der Waals surface area contributed by atoms with E-state index < -0.39 is 10.0 Å². The molecular weight excluding hydrogens is 463 g/mol. The fourth-order valence-corrected chi connectivity index (χ4v) is 4.58. The van der Waals surface area contributed by atoms with Crippen molar-refractivity contribution in [3.8, 4) is 5.75 Å². The average molecular weight is 486 g/mol. The number of sulfonamides is 1. The van der Waals surface area contributed by atoms with Crippen LogP contribution in [0.25, 0.3) is 0 Å². The monoisotopic (exact) mass is 486 g/mol. The highest BCUT2D eigenvalue weighted by molar-refractivity contribution is 14.0. The number of nitrogens with two attached hydrogens (primary N) is 1. The summed E-state index contributed by atoms with van der Waals surface area (Å²) in [6, 6.07) is 7.26. The molecule has 7 nitrogen and oxygen atoms in total. The van der Waals surface area contributed by atoms with Crippen molar-refractivity contribution < 1.29 is 13.2 Å². The third kappa shape index (κ3) is 6.65. The Labute approximate surface area is 164 Å². The number of ether oxygens (including phenoxy) is 1. The first-order chi connectivity index (χ1) is 11.0. The Morgan fingerprint density at radius 1 is 1.42 bits per heavy atom. The van der Waals surface area contributed by atoms with Crippen molar-refractivity contribution in [2.75, 3.05) is 49.3 Å². The maximum absolute atomic E-state index is 12.2. The normalized spacial score (nSPS) is 16.3. The van der Waals surface area contributed by atoms with Crippen molar-refractivity contribution in [2.24, 2.45) is 10.7 Å². The second-order valence-electron chi connectivity index (χ2n) is 4.95. The number of anilines is 1. The Balaban J connectivity index is 0.00000288. The Morgan fingerprint density at radius 3 is 2.79 bits per heavy atom. The van der Waals surface area contributed by atoms with Crippen molar-refractivity contribution in [3.63, 3.8) is 0 Å². The number of hydrogen-bond donors (Lipinski definition) is 2. The molecule has 3 N–H and O–H groups in total. The second kappa shape index (κ2) is 10.3. The maximum atomic E-state index is 12.2. The zero-order chi connectivity index (χ0) is 16.7. The number of benzene rings is 1. The van der Waals surface area contributed by atoms with Gasteiger partial charge in [0.15, 0.2) is 5.96 Å². The van der Waals surface area contributed by atoms with E-state index in [2.05, 4.69) is 10.3 Å². The average Bonchev–Trinajstić information content (AvgIpc) is 2.55. The lowest BCUT2D eigenvalue weighted by Crippen LogP contribution is -2.40. The lowest BCUT2D eigenvalue weighted by Gasteiger charge is -2.25. The van der Waals surface area contributed by atoms with Crippen LogP contribution in [0.2, 0.25) is 0 Å². The van der Waals surface area contributed by atoms with E-state index >= 15 is 0 Å². The minimum absolute atomic E-state index is 0. The Morgan fingerprint density at radius 2 is 2.12 bits per heavy atom. The summed E-state index contributed by atoms with van der Waals surface area (Å²) in [5.41, 5.74) is 6.53. The first kappa shape index (κ1) is 21.3. The highest BCUT2D eigenvalue weighted by Gasteiger charge is 2.23. The van der Waals surface area contributed by atoms with Gasteiger partial charge in [0.05, 0.1) is 19.4 Å². The number of nitrogens with zero attached hydrogens (tertiary/aromatic N) is 2. The molecule has 2 rings (SSSR count). The number of methoxy groups -OCH3 is 1. The highest BCUT2D eigenvalue weighted by atomic mass is 127. The van der Waals surface area contributed by atoms with Gasteiger partial charge in [-0.2, -0.15) is 11.8 Å². The zero-order valence-electron chi connectivity index (χ0n) is 13.5. The van der Waals surface area contributed by atoms with Gasteiger partial charge in [-0.15, -0.1) is 24.0 Å². The number of guanidine groups is 1. The summed E-state index contributed by atoms with van der Waals surface area (Å²) in [4.78, 5) is 4.09. The van der Waals surface area contributed by atoms with Crippen LogP contribution in [0, 0.1) is 0 Å². The van der Waals surface area contributed by atoms with E-state index in [4.69, 9.17) is 10.5 Å². The summed E-state index contributed by atoms with van der Waals surface area (Å²) in [6.45, 7) is 1.29. The van der Waals surface area contributed by atoms with Crippen LogP contribution in [0.4, 0.5) is 5.69 Å². The minimum atomic E-state index is -3.25. The summed E-state index contributed by atoms with van der Waals surface area (Å²) in [6.07, 6.45) is 0. The van der Waals surface area contributed by atoms with Crippen LogP contribution < -0.4 is 15.8 Å². The molecule has 136 valence electrons. The summed E-state index contributed by atoms with van der Waals surface area (Å²) in [7, 11) is -1.67. The van der Waals surface area contributed by atoms with Crippen molar-refractivity contribution in [3.05, 3.63) is 24.3 Å². The van der Waals surface area contributed by atoms with E-state index in [0.29, 0.717) is 18.8 Å². The Kier molecular flexibility index (Phi) is 9.16. The molecule has 0 saturated carbocycles. The van der Waals surface area contributed by atoms with Crippen molar-refractivity contribution in [2.45, 2.75) is 0 Å². The van der Waals surface area contributed by atoms with E-state index in [9.17, 15) is 8.42 Å². The van der Waals surface area contributed by atoms with Crippen LogP contribution in [0.5, 0.6) is 5.75 Å². The SMILES string of the molecule is COc1cccc(NC(N)=NCCS(=O)(=O)N2CCSCC2)c1.I. The number of rotatable bonds is 6. The van der Waals surface area contributed by atoms with Gasteiger partial charge in [-0.05, 0) is 12.1 Å². The van der Waals surface area contributed by atoms with Crippen molar-refractivity contribution in [1.82, 2.24) is 4.31 Å². The molecule has 0 aliphatic carbocycles. The fourth-order valence-electron chi connectivity index (χ4n) is 2.12. The van der Waals surface area contributed by atoms with Gasteiger partial charge in [-0.3, -0.25) is 4.99 Å². The molecule has 24 heavy (non-hydrogen) atoms. The van der Waals surface area contributed by atoms with Gasteiger partial charge in [0.25, 0.3) is 0 Å². The topological polar surface area (TPSA) is 97.0 Å². The summed E-state index contributed by atoms with van der Waals surface area (Å²) < 4.78 is 31.0. The molecular formula is C14H23IN4O3S2. The molecule has 1 aliphatic heterocycles. The third-order valence-corrected chi connectivity index (χ3v) is 6.13. The van der Waals surface area contributed by atoms with Gasteiger partial charge in [0, 0.05) is 36.3 Å². The first-order valence-corrected chi connectivity index (χ1v) is 10.0. The number of nitrogens with one attached hydrogen (secondary N) is 1. The second-order valence-corrected chi connectivity index (χ2v) is 8.26. The zero-order valence-corrected chi connectivity index (χ0v) is 17.4. The molecule has 1 saturated heterocycles. The number of hydrogen-bond acceptors (Lipinski definition) is 5. The van der Waals surface area contributed by atoms with Crippen molar-refractivity contribution >= 4 is 57.4 Å². The molecule has 0 unspecified atom stereocenters. The molecule has 1 aromatic carbocycles. The van der Waals surface area contributed by atoms with E-state index in [1.165, 1.54) is 4.31 Å². The Bertz CT molecular complexity index is 649. The van der Waals surface area contributed by atoms with Gasteiger partial charge in [-0.25, -0.2) is 12.7 Å². The van der Waals surface area contributed by atoms with Crippen LogP contribution in [-0.4, -0.2) is 62.7 Å². The molecule has 0 aromatic heterocycles. The standard InChI is InChI=1S/C14H22N4O3S2.HI/c1-21-13-4-2-3-12(11-13)17-14(15)16-5-10-23(19,20)18-6-8-22-9-7-18;/h2-4,11H,5-10H2,1H3,(H3,15,16,17);1H. The molecule has 0 radical (unpaired) electrons. The molecule has 1 heterocycles. The maximum Gasteiger partial charge on any atom is 0.215 e. The van der Waals surface area contributed by atoms with Gasteiger partial charge in [0.1, 0.15) is 5.75 Å². The third-order valence-electron chi connectivity index (χ3n) is 3.34. The van der Waals surface area contributed by atoms with E-state index in [0.717, 1.165) is 17.2 Å². The van der Waals surface area contributed by atoms with E-state index in [-0.39, 0.29) is 42.2 Å². The van der Waals surface area contributed by atoms with Gasteiger partial charge in [-0.1, -0.05) is 6.07 Å². The molecule has 0 atom stereocenters. The van der Waals surface area contributed by atoms with Gasteiger partial charge < -0.3 is 15.8 Å². The molecule has 1 fully saturated rings. The predicted octanol–water partition coefficient (Wildman–Crippen LogP) is 1.42. The predicted molar refractivity (Wildman–Crippen MR) is 111 cm³/mol. The van der Waals surface area contributed by atoms with Crippen LogP contribution in [0.1, 0.15) is 0 Å². The summed E-state index contributed by atoms with van der Waals surface area (Å²) >= 11 is 1.77. The molecule has 0 spiro atoms. The van der Waals surface area contributed by atoms with Crippen LogP contribution in [0.15, 0.2) is 29.3 Å². The molecule has 0 bridgehead atoms. The highest BCUT2D eigenvalue weighted by Crippen LogP contribution is 2.16. The van der Waals surface area contributed by atoms with E-state index in [1.807, 2.05) is 18.2 Å². The quantitative estimate of drug-likeness (QED) is 0.359. The van der Waals surface area contributed by atoms with Crippen LogP contribution in [-0.2, 0) is 10.0 Å². The number of aliphatic imine (C=N–C) groups is 1. The smallest absolute Gasteiger partial charge is 0.215 e. The van der Waals surface area contributed by atoms with E-state index in [1.54, 1.807) is 24.9 Å². The summed E-state index contributed by atoms with van der Waals surface area (Å²) in [5, 5.41) is 2.92. The van der Waals surface area contributed by atoms with Crippen molar-refractivity contribution in [1.29, 1.82) is 0 Å². The molecule has 1 aromatic rings. The lowest BCUT2D eigenvalue weighted by molar-refractivity contribution is 0.415. The number of halogens is 1. The van der Waals surface area contributed by atoms with Crippen LogP contribution >= 0.6 is 35.7 Å². The molecule has 0 amide bonds. The largest absolute Gasteiger partial charge is 0.497 e. The van der Waals surface area contributed by atoms with Gasteiger partial charge >= 0.3 is 0 Å².